The predicted molar refractivity (Wildman–Crippen MR) is 89.5 cm³/mol. The smallest absolute Gasteiger partial charge is 0.238 e. The molecule has 0 aliphatic carbocycles. The molecule has 2 aromatic rings. The second-order valence-corrected chi connectivity index (χ2v) is 8.39. The van der Waals surface area contributed by atoms with Crippen molar-refractivity contribution in [1.29, 1.82) is 0 Å². The van der Waals surface area contributed by atoms with Gasteiger partial charge in [0.15, 0.2) is 8.68 Å². The SMILES string of the molecule is CCSc1nnc(S[C@H](C)C(=O)Nc2ccc(Cl)cn2)s1. The molecular weight excluding hydrogens is 348 g/mol. The molecule has 2 aromatic heterocycles. The zero-order valence-corrected chi connectivity index (χ0v) is 14.6. The number of aromatic nitrogens is 3. The third-order valence-electron chi connectivity index (χ3n) is 2.28. The Morgan fingerprint density at radius 3 is 2.86 bits per heavy atom. The highest BCUT2D eigenvalue weighted by Crippen LogP contribution is 2.31. The number of amides is 1. The van der Waals surface area contributed by atoms with Crippen LogP contribution in [0.2, 0.25) is 5.02 Å². The second-order valence-electron chi connectivity index (χ2n) is 3.88. The second kappa shape index (κ2) is 7.98. The van der Waals surface area contributed by atoms with Crippen LogP contribution in [0.15, 0.2) is 27.0 Å². The minimum absolute atomic E-state index is 0.130. The van der Waals surface area contributed by atoms with Gasteiger partial charge in [0.2, 0.25) is 5.91 Å². The Hall–Kier alpha value is -0.830. The van der Waals surface area contributed by atoms with Gasteiger partial charge in [0.05, 0.1) is 10.3 Å². The average molecular weight is 361 g/mol. The van der Waals surface area contributed by atoms with Crippen LogP contribution in [0, 0.1) is 0 Å². The summed E-state index contributed by atoms with van der Waals surface area (Å²) in [6.45, 7) is 3.89. The molecule has 21 heavy (non-hydrogen) atoms. The van der Waals surface area contributed by atoms with Gasteiger partial charge in [0, 0.05) is 6.20 Å². The standard InChI is InChI=1S/C12H13ClN4OS3/c1-3-19-11-16-17-12(21-11)20-7(2)10(18)15-9-5-4-8(13)6-14-9/h4-7H,3H2,1-2H3,(H,14,15,18)/t7-/m1/s1. The highest BCUT2D eigenvalue weighted by molar-refractivity contribution is 8.03. The monoisotopic (exact) mass is 360 g/mol. The van der Waals surface area contributed by atoms with Gasteiger partial charge in [-0.05, 0) is 24.8 Å². The van der Waals surface area contributed by atoms with E-state index in [0.717, 1.165) is 14.4 Å². The number of thioether (sulfide) groups is 2. The maximum atomic E-state index is 12.1. The van der Waals surface area contributed by atoms with Crippen molar-refractivity contribution in [2.45, 2.75) is 27.8 Å². The number of pyridine rings is 1. The molecule has 0 radical (unpaired) electrons. The first kappa shape index (κ1) is 16.5. The summed E-state index contributed by atoms with van der Waals surface area (Å²) in [5.74, 6) is 1.31. The summed E-state index contributed by atoms with van der Waals surface area (Å²) in [4.78, 5) is 16.1. The highest BCUT2D eigenvalue weighted by Gasteiger charge is 2.17. The van der Waals surface area contributed by atoms with Crippen LogP contribution in [0.25, 0.3) is 0 Å². The molecule has 112 valence electrons. The largest absolute Gasteiger partial charge is 0.310 e. The Labute approximate surface area is 140 Å². The summed E-state index contributed by atoms with van der Waals surface area (Å²) in [6, 6.07) is 3.35. The average Bonchev–Trinajstić information content (AvgIpc) is 2.89. The molecule has 0 unspecified atom stereocenters. The lowest BCUT2D eigenvalue weighted by Gasteiger charge is -2.09. The number of hydrogen-bond acceptors (Lipinski definition) is 7. The number of nitrogens with zero attached hydrogens (tertiary/aromatic N) is 3. The first-order chi connectivity index (χ1) is 10.1. The molecule has 0 fully saturated rings. The quantitative estimate of drug-likeness (QED) is 0.790. The van der Waals surface area contributed by atoms with Crippen LogP contribution in [0.1, 0.15) is 13.8 Å². The summed E-state index contributed by atoms with van der Waals surface area (Å²) < 4.78 is 1.71. The van der Waals surface area contributed by atoms with E-state index in [4.69, 9.17) is 11.6 Å². The third-order valence-corrected chi connectivity index (χ3v) is 5.63. The summed E-state index contributed by atoms with van der Waals surface area (Å²) in [5, 5.41) is 11.1. The van der Waals surface area contributed by atoms with Gasteiger partial charge in [-0.25, -0.2) is 4.98 Å². The van der Waals surface area contributed by atoms with Crippen molar-refractivity contribution in [3.63, 3.8) is 0 Å². The molecule has 1 amide bonds. The Kier molecular flexibility index (Phi) is 6.28. The van der Waals surface area contributed by atoms with Crippen LogP contribution < -0.4 is 5.32 Å². The third kappa shape index (κ3) is 5.14. The molecule has 1 atom stereocenters. The van der Waals surface area contributed by atoms with Gasteiger partial charge < -0.3 is 5.32 Å². The topological polar surface area (TPSA) is 67.8 Å². The van der Waals surface area contributed by atoms with Crippen molar-refractivity contribution in [2.75, 3.05) is 11.1 Å². The van der Waals surface area contributed by atoms with E-state index >= 15 is 0 Å². The molecule has 0 aliphatic heterocycles. The van der Waals surface area contributed by atoms with E-state index in [1.165, 1.54) is 29.3 Å². The summed E-state index contributed by atoms with van der Waals surface area (Å²) in [5.41, 5.74) is 0. The number of carbonyl (C=O) groups excluding carboxylic acids is 1. The first-order valence-corrected chi connectivity index (χ1v) is 9.20. The van der Waals surface area contributed by atoms with Crippen LogP contribution >= 0.6 is 46.5 Å². The minimum atomic E-state index is -0.282. The minimum Gasteiger partial charge on any atom is -0.310 e. The van der Waals surface area contributed by atoms with Gasteiger partial charge in [0.1, 0.15) is 5.82 Å². The van der Waals surface area contributed by atoms with Gasteiger partial charge in [-0.1, -0.05) is 53.4 Å². The normalized spacial score (nSPS) is 12.1. The van der Waals surface area contributed by atoms with Gasteiger partial charge in [-0.2, -0.15) is 0 Å². The Balaban J connectivity index is 1.90. The zero-order valence-electron chi connectivity index (χ0n) is 11.4. The lowest BCUT2D eigenvalue weighted by atomic mass is 10.4. The Bertz CT molecular complexity index is 605. The fourth-order valence-corrected chi connectivity index (χ4v) is 4.48. The number of carbonyl (C=O) groups is 1. The van der Waals surface area contributed by atoms with Crippen molar-refractivity contribution in [3.8, 4) is 0 Å². The first-order valence-electron chi connectivity index (χ1n) is 6.14. The summed E-state index contributed by atoms with van der Waals surface area (Å²) in [7, 11) is 0. The van der Waals surface area contributed by atoms with E-state index in [1.54, 1.807) is 23.9 Å². The number of hydrogen-bond donors (Lipinski definition) is 1. The van der Waals surface area contributed by atoms with Crippen LogP contribution in [0.4, 0.5) is 5.82 Å². The lowest BCUT2D eigenvalue weighted by molar-refractivity contribution is -0.115. The maximum Gasteiger partial charge on any atom is 0.238 e. The van der Waals surface area contributed by atoms with E-state index < -0.39 is 0 Å². The van der Waals surface area contributed by atoms with Crippen molar-refractivity contribution in [3.05, 3.63) is 23.4 Å². The van der Waals surface area contributed by atoms with Crippen molar-refractivity contribution in [2.24, 2.45) is 0 Å². The molecule has 0 bridgehead atoms. The van der Waals surface area contributed by atoms with Crippen LogP contribution in [0.3, 0.4) is 0 Å². The summed E-state index contributed by atoms with van der Waals surface area (Å²) >= 11 is 10.3. The molecule has 0 saturated carbocycles. The number of anilines is 1. The van der Waals surface area contributed by atoms with Crippen LogP contribution in [-0.2, 0) is 4.79 Å². The molecule has 9 heteroatoms. The molecule has 2 rings (SSSR count). The maximum absolute atomic E-state index is 12.1. The molecule has 0 saturated heterocycles. The number of halogens is 1. The van der Waals surface area contributed by atoms with Gasteiger partial charge >= 0.3 is 0 Å². The van der Waals surface area contributed by atoms with Gasteiger partial charge in [0.25, 0.3) is 0 Å². The van der Waals surface area contributed by atoms with Crippen molar-refractivity contribution < 1.29 is 4.79 Å². The van der Waals surface area contributed by atoms with Gasteiger partial charge in [-0.15, -0.1) is 10.2 Å². The molecule has 0 aromatic carbocycles. The number of rotatable bonds is 6. The lowest BCUT2D eigenvalue weighted by Crippen LogP contribution is -2.22. The van der Waals surface area contributed by atoms with Crippen LogP contribution in [-0.4, -0.2) is 32.1 Å². The highest BCUT2D eigenvalue weighted by atomic mass is 35.5. The predicted octanol–water partition coefficient (Wildman–Crippen LogP) is 3.82. The zero-order chi connectivity index (χ0) is 15.2. The van der Waals surface area contributed by atoms with Crippen LogP contribution in [0.5, 0.6) is 0 Å². The van der Waals surface area contributed by atoms with E-state index in [9.17, 15) is 4.79 Å². The fourth-order valence-electron chi connectivity index (χ4n) is 1.31. The van der Waals surface area contributed by atoms with Crippen molar-refractivity contribution >= 4 is 58.2 Å². The molecule has 0 aliphatic rings. The van der Waals surface area contributed by atoms with E-state index in [2.05, 4.69) is 27.4 Å². The molecule has 2 heterocycles. The fraction of sp³-hybridized carbons (Fsp3) is 0.333. The van der Waals surface area contributed by atoms with Crippen molar-refractivity contribution in [1.82, 2.24) is 15.2 Å². The van der Waals surface area contributed by atoms with E-state index in [0.29, 0.717) is 10.8 Å². The van der Waals surface area contributed by atoms with E-state index in [-0.39, 0.29) is 11.2 Å². The molecule has 1 N–H and O–H groups in total. The molecular formula is C12H13ClN4OS3. The summed E-state index contributed by atoms with van der Waals surface area (Å²) in [6.07, 6.45) is 1.49. The molecule has 5 nitrogen and oxygen atoms in total. The Morgan fingerprint density at radius 2 is 2.19 bits per heavy atom. The Morgan fingerprint density at radius 1 is 1.43 bits per heavy atom. The number of nitrogens with one attached hydrogen (secondary N) is 1. The van der Waals surface area contributed by atoms with Gasteiger partial charge in [-0.3, -0.25) is 4.79 Å². The molecule has 0 spiro atoms. The van der Waals surface area contributed by atoms with E-state index in [1.807, 2.05) is 6.92 Å².